The van der Waals surface area contributed by atoms with E-state index >= 15 is 0 Å². The van der Waals surface area contributed by atoms with Gasteiger partial charge in [-0.2, -0.15) is 4.98 Å². The van der Waals surface area contributed by atoms with Crippen molar-refractivity contribution in [3.05, 3.63) is 76.7 Å². The van der Waals surface area contributed by atoms with E-state index in [0.717, 1.165) is 35.7 Å². The monoisotopic (exact) mass is 398 g/mol. The maximum Gasteiger partial charge on any atom is 0.229 e. The number of nitrogens with zero attached hydrogens (tertiary/aromatic N) is 3. The quantitative estimate of drug-likeness (QED) is 0.630. The molecule has 4 rings (SSSR count). The molecule has 0 radical (unpaired) electrons. The van der Waals surface area contributed by atoms with Crippen LogP contribution in [0.15, 0.2) is 48.5 Å². The van der Waals surface area contributed by atoms with Crippen molar-refractivity contribution in [3.8, 4) is 0 Å². The number of halogens is 2. The lowest BCUT2D eigenvalue weighted by Gasteiger charge is -2.37. The maximum absolute atomic E-state index is 13.1. The minimum atomic E-state index is -0.261. The van der Waals surface area contributed by atoms with Crippen LogP contribution in [0.5, 0.6) is 0 Å². The molecule has 0 unspecified atom stereocenters. The third-order valence-electron chi connectivity index (χ3n) is 5.33. The predicted octanol–water partition coefficient (Wildman–Crippen LogP) is 5.52. The van der Waals surface area contributed by atoms with Gasteiger partial charge in [0, 0.05) is 23.5 Å². The van der Waals surface area contributed by atoms with Crippen LogP contribution in [0.3, 0.4) is 0 Å². The Morgan fingerprint density at radius 1 is 1.04 bits per heavy atom. The molecule has 6 heteroatoms. The fourth-order valence-electron chi connectivity index (χ4n) is 3.67. The highest BCUT2D eigenvalue weighted by Crippen LogP contribution is 2.35. The summed E-state index contributed by atoms with van der Waals surface area (Å²) in [6.07, 6.45) is 1.00. The summed E-state index contributed by atoms with van der Waals surface area (Å²) >= 11 is 0. The zero-order chi connectivity index (χ0) is 19.0. The van der Waals surface area contributed by atoms with Crippen LogP contribution in [-0.2, 0) is 6.42 Å². The van der Waals surface area contributed by atoms with Gasteiger partial charge in [-0.05, 0) is 62.6 Å². The molecule has 146 valence electrons. The van der Waals surface area contributed by atoms with E-state index in [1.807, 2.05) is 6.92 Å². The fraction of sp³-hybridized carbons (Fsp3) is 0.273. The number of aromatic nitrogens is 2. The van der Waals surface area contributed by atoms with Gasteiger partial charge in [0.25, 0.3) is 0 Å². The third-order valence-corrected chi connectivity index (χ3v) is 5.33. The fourth-order valence-corrected chi connectivity index (χ4v) is 3.67. The van der Waals surface area contributed by atoms with Gasteiger partial charge in [-0.1, -0.05) is 24.3 Å². The van der Waals surface area contributed by atoms with Crippen LogP contribution in [0.4, 0.5) is 21.8 Å². The first-order valence-electron chi connectivity index (χ1n) is 9.25. The Hall–Kier alpha value is -2.66. The van der Waals surface area contributed by atoms with Crippen LogP contribution in [-0.4, -0.2) is 16.5 Å². The average molecular weight is 399 g/mol. The molecule has 0 amide bonds. The Balaban J connectivity index is 0.00000225. The zero-order valence-corrected chi connectivity index (χ0v) is 17.1. The van der Waals surface area contributed by atoms with Crippen LogP contribution < -0.4 is 10.2 Å². The topological polar surface area (TPSA) is 41.1 Å². The Bertz CT molecular complexity index is 975. The third kappa shape index (κ3) is 3.80. The molecule has 0 spiro atoms. The van der Waals surface area contributed by atoms with Gasteiger partial charge >= 0.3 is 0 Å². The smallest absolute Gasteiger partial charge is 0.229 e. The summed E-state index contributed by atoms with van der Waals surface area (Å²) in [6, 6.07) is 15.1. The molecule has 0 aliphatic carbocycles. The molecule has 0 saturated heterocycles. The Kier molecular flexibility index (Phi) is 5.84. The van der Waals surface area contributed by atoms with E-state index < -0.39 is 0 Å². The Morgan fingerprint density at radius 3 is 2.50 bits per heavy atom. The molecule has 0 saturated carbocycles. The molecule has 1 aromatic heterocycles. The van der Waals surface area contributed by atoms with Gasteiger partial charge in [-0.15, -0.1) is 12.4 Å². The molecule has 1 N–H and O–H groups in total. The Labute approximate surface area is 171 Å². The van der Waals surface area contributed by atoms with Crippen molar-refractivity contribution in [3.63, 3.8) is 0 Å². The van der Waals surface area contributed by atoms with Gasteiger partial charge in [0.15, 0.2) is 0 Å². The molecular formula is C22H24ClFN4. The van der Waals surface area contributed by atoms with Crippen LogP contribution >= 0.6 is 12.4 Å². The van der Waals surface area contributed by atoms with Gasteiger partial charge in [0.1, 0.15) is 11.6 Å². The maximum atomic E-state index is 13.1. The highest BCUT2D eigenvalue weighted by atomic mass is 35.5. The lowest BCUT2D eigenvalue weighted by Crippen LogP contribution is -2.35. The number of aryl methyl sites for hydroxylation is 1. The molecule has 1 atom stereocenters. The number of rotatable bonds is 3. The molecule has 4 nitrogen and oxygen atoms in total. The SMILES string of the molecule is Cc1nc(Nc2ccc(F)cc2)nc(N2CCc3ccccc3[C@H]2C)c1C.Cl. The summed E-state index contributed by atoms with van der Waals surface area (Å²) in [5.41, 5.74) is 5.56. The second-order valence-corrected chi connectivity index (χ2v) is 7.03. The minimum absolute atomic E-state index is 0. The van der Waals surface area contributed by atoms with Crippen molar-refractivity contribution >= 4 is 29.9 Å². The highest BCUT2D eigenvalue weighted by molar-refractivity contribution is 5.85. The first-order chi connectivity index (χ1) is 13.0. The number of benzene rings is 2. The minimum Gasteiger partial charge on any atom is -0.349 e. The zero-order valence-electron chi connectivity index (χ0n) is 16.2. The van der Waals surface area contributed by atoms with Crippen LogP contribution in [0, 0.1) is 19.7 Å². The van der Waals surface area contributed by atoms with Gasteiger partial charge in [-0.3, -0.25) is 0 Å². The normalized spacial score (nSPS) is 15.6. The van der Waals surface area contributed by atoms with E-state index in [0.29, 0.717) is 5.95 Å². The Morgan fingerprint density at radius 2 is 1.75 bits per heavy atom. The van der Waals surface area contributed by atoms with Gasteiger partial charge in [-0.25, -0.2) is 9.37 Å². The second kappa shape index (κ2) is 8.15. The first-order valence-corrected chi connectivity index (χ1v) is 9.25. The number of hydrogen-bond donors (Lipinski definition) is 1. The van der Waals surface area contributed by atoms with Gasteiger partial charge < -0.3 is 10.2 Å². The molecule has 2 aromatic carbocycles. The number of hydrogen-bond acceptors (Lipinski definition) is 4. The summed E-state index contributed by atoms with van der Waals surface area (Å²) in [5.74, 6) is 1.22. The van der Waals surface area contributed by atoms with E-state index in [4.69, 9.17) is 4.98 Å². The summed E-state index contributed by atoms with van der Waals surface area (Å²) in [4.78, 5) is 11.7. The summed E-state index contributed by atoms with van der Waals surface area (Å²) in [6.45, 7) is 7.21. The highest BCUT2D eigenvalue weighted by Gasteiger charge is 2.26. The molecule has 1 aliphatic rings. The van der Waals surface area contributed by atoms with E-state index in [-0.39, 0.29) is 24.3 Å². The van der Waals surface area contributed by atoms with E-state index in [1.54, 1.807) is 12.1 Å². The van der Waals surface area contributed by atoms with Crippen molar-refractivity contribution in [2.45, 2.75) is 33.2 Å². The number of anilines is 3. The van der Waals surface area contributed by atoms with Gasteiger partial charge in [0.2, 0.25) is 5.95 Å². The van der Waals surface area contributed by atoms with Crippen molar-refractivity contribution in [1.82, 2.24) is 9.97 Å². The number of fused-ring (bicyclic) bond motifs is 1. The van der Waals surface area contributed by atoms with Crippen molar-refractivity contribution in [2.75, 3.05) is 16.8 Å². The van der Waals surface area contributed by atoms with E-state index in [1.165, 1.54) is 23.3 Å². The molecule has 0 fully saturated rings. The lowest BCUT2D eigenvalue weighted by molar-refractivity contribution is 0.614. The standard InChI is InChI=1S/C22H23FN4.ClH/c1-14-15(2)24-22(25-19-10-8-18(23)9-11-19)26-21(14)27-13-12-17-6-4-5-7-20(17)16(27)3;/h4-11,16H,12-13H2,1-3H3,(H,24,25,26);1H/t16-;/m1./s1. The predicted molar refractivity (Wildman–Crippen MR) is 114 cm³/mol. The summed E-state index contributed by atoms with van der Waals surface area (Å²) in [5, 5.41) is 3.20. The van der Waals surface area contributed by atoms with Gasteiger partial charge in [0.05, 0.1) is 6.04 Å². The lowest BCUT2D eigenvalue weighted by atomic mass is 9.93. The number of nitrogens with one attached hydrogen (secondary N) is 1. The summed E-state index contributed by atoms with van der Waals surface area (Å²) in [7, 11) is 0. The average Bonchev–Trinajstić information content (AvgIpc) is 2.67. The van der Waals surface area contributed by atoms with Crippen molar-refractivity contribution < 1.29 is 4.39 Å². The molecule has 1 aliphatic heterocycles. The molecule has 3 aromatic rings. The first kappa shape index (κ1) is 20.1. The van der Waals surface area contributed by atoms with E-state index in [9.17, 15) is 4.39 Å². The largest absolute Gasteiger partial charge is 0.349 e. The molecule has 28 heavy (non-hydrogen) atoms. The molecule has 2 heterocycles. The van der Waals surface area contributed by atoms with Crippen LogP contribution in [0.2, 0.25) is 0 Å². The summed E-state index contributed by atoms with van der Waals surface area (Å²) < 4.78 is 13.1. The van der Waals surface area contributed by atoms with E-state index in [2.05, 4.69) is 53.3 Å². The van der Waals surface area contributed by atoms with Crippen molar-refractivity contribution in [2.24, 2.45) is 0 Å². The second-order valence-electron chi connectivity index (χ2n) is 7.03. The molecule has 0 bridgehead atoms. The van der Waals surface area contributed by atoms with Crippen LogP contribution in [0.1, 0.15) is 35.3 Å². The molecular weight excluding hydrogens is 375 g/mol. The van der Waals surface area contributed by atoms with Crippen LogP contribution in [0.25, 0.3) is 0 Å². The van der Waals surface area contributed by atoms with Crippen molar-refractivity contribution in [1.29, 1.82) is 0 Å².